The average Bonchev–Trinajstić information content (AvgIpc) is 2.53. The Labute approximate surface area is 128 Å². The first kappa shape index (κ1) is 14.0. The molecule has 0 aliphatic carbocycles. The van der Waals surface area contributed by atoms with Crippen molar-refractivity contribution in [3.05, 3.63) is 48.0 Å². The van der Waals surface area contributed by atoms with E-state index in [-0.39, 0.29) is 11.7 Å². The third-order valence-corrected chi connectivity index (χ3v) is 3.57. The molecule has 22 heavy (non-hydrogen) atoms. The van der Waals surface area contributed by atoms with Crippen LogP contribution in [0.4, 0.5) is 11.8 Å². The van der Waals surface area contributed by atoms with Gasteiger partial charge in [-0.3, -0.25) is 4.79 Å². The van der Waals surface area contributed by atoms with Crippen LogP contribution in [0.25, 0.3) is 22.0 Å². The summed E-state index contributed by atoms with van der Waals surface area (Å²) in [4.78, 5) is 20.3. The molecule has 0 bridgehead atoms. The Hall–Kier alpha value is -2.95. The van der Waals surface area contributed by atoms with Gasteiger partial charge < -0.3 is 11.1 Å². The first-order chi connectivity index (χ1) is 10.6. The number of hydrogen-bond donors (Lipinski definition) is 2. The van der Waals surface area contributed by atoms with Crippen molar-refractivity contribution in [1.82, 2.24) is 9.97 Å². The number of carbonyl (C=O) groups excluding carboxylic acids is 1. The maximum Gasteiger partial charge on any atom is 0.222 e. The van der Waals surface area contributed by atoms with Crippen molar-refractivity contribution in [2.75, 3.05) is 18.1 Å². The standard InChI is InChI=1S/C17H16N4O/c1-10(22)12-5-3-4-6-13(12)11-7-8-14-15(9-11)20-17(18)21-16(14)19-2/h3-9H,1-2H3,(H3,18,19,20,21). The van der Waals surface area contributed by atoms with Gasteiger partial charge in [-0.2, -0.15) is 4.98 Å². The summed E-state index contributed by atoms with van der Waals surface area (Å²) in [5.74, 6) is 0.941. The predicted molar refractivity (Wildman–Crippen MR) is 88.9 cm³/mol. The monoisotopic (exact) mass is 292 g/mol. The number of nitrogens with zero attached hydrogens (tertiary/aromatic N) is 2. The van der Waals surface area contributed by atoms with Gasteiger partial charge in [0, 0.05) is 18.0 Å². The molecule has 0 radical (unpaired) electrons. The van der Waals surface area contributed by atoms with Gasteiger partial charge in [-0.15, -0.1) is 0 Å². The number of fused-ring (bicyclic) bond motifs is 1. The van der Waals surface area contributed by atoms with Crippen LogP contribution in [-0.4, -0.2) is 22.8 Å². The highest BCUT2D eigenvalue weighted by Crippen LogP contribution is 2.29. The van der Waals surface area contributed by atoms with Crippen LogP contribution in [-0.2, 0) is 0 Å². The third-order valence-electron chi connectivity index (χ3n) is 3.57. The van der Waals surface area contributed by atoms with Crippen molar-refractivity contribution in [3.63, 3.8) is 0 Å². The van der Waals surface area contributed by atoms with Crippen LogP contribution in [0, 0.1) is 0 Å². The maximum absolute atomic E-state index is 11.8. The molecular formula is C17H16N4O. The molecule has 110 valence electrons. The summed E-state index contributed by atoms with van der Waals surface area (Å²) in [6.45, 7) is 1.57. The summed E-state index contributed by atoms with van der Waals surface area (Å²) in [6.07, 6.45) is 0. The zero-order valence-electron chi connectivity index (χ0n) is 12.4. The van der Waals surface area contributed by atoms with Gasteiger partial charge >= 0.3 is 0 Å². The van der Waals surface area contributed by atoms with E-state index in [1.807, 2.05) is 42.5 Å². The van der Waals surface area contributed by atoms with Crippen molar-refractivity contribution >= 4 is 28.5 Å². The first-order valence-corrected chi connectivity index (χ1v) is 6.95. The highest BCUT2D eigenvalue weighted by atomic mass is 16.1. The molecule has 0 aliphatic heterocycles. The number of nitrogens with one attached hydrogen (secondary N) is 1. The number of benzene rings is 2. The molecule has 1 heterocycles. The second-order valence-electron chi connectivity index (χ2n) is 5.01. The Morgan fingerprint density at radius 1 is 1.14 bits per heavy atom. The smallest absolute Gasteiger partial charge is 0.222 e. The normalized spacial score (nSPS) is 10.6. The van der Waals surface area contributed by atoms with Gasteiger partial charge in [-0.25, -0.2) is 4.98 Å². The van der Waals surface area contributed by atoms with E-state index in [2.05, 4.69) is 15.3 Å². The highest BCUT2D eigenvalue weighted by molar-refractivity contribution is 6.02. The summed E-state index contributed by atoms with van der Waals surface area (Å²) < 4.78 is 0. The maximum atomic E-state index is 11.8. The average molecular weight is 292 g/mol. The molecule has 5 nitrogen and oxygen atoms in total. The lowest BCUT2D eigenvalue weighted by atomic mass is 9.97. The SMILES string of the molecule is CNc1nc(N)nc2cc(-c3ccccc3C(C)=O)ccc12. The van der Waals surface area contributed by atoms with Gasteiger partial charge in [0.2, 0.25) is 5.95 Å². The number of aromatic nitrogens is 2. The third kappa shape index (κ3) is 2.37. The van der Waals surface area contributed by atoms with Gasteiger partial charge in [0.05, 0.1) is 5.52 Å². The fourth-order valence-corrected chi connectivity index (χ4v) is 2.55. The van der Waals surface area contributed by atoms with Gasteiger partial charge in [-0.1, -0.05) is 30.3 Å². The molecule has 3 aromatic rings. The number of anilines is 2. The van der Waals surface area contributed by atoms with Crippen LogP contribution >= 0.6 is 0 Å². The minimum atomic E-state index is 0.0359. The number of rotatable bonds is 3. The molecule has 1 aromatic heterocycles. The summed E-state index contributed by atoms with van der Waals surface area (Å²) in [7, 11) is 1.79. The minimum Gasteiger partial charge on any atom is -0.372 e. The number of nitrogen functional groups attached to an aromatic ring is 1. The van der Waals surface area contributed by atoms with E-state index in [9.17, 15) is 4.79 Å². The lowest BCUT2D eigenvalue weighted by Gasteiger charge is -2.10. The second-order valence-corrected chi connectivity index (χ2v) is 5.01. The van der Waals surface area contributed by atoms with E-state index in [4.69, 9.17) is 5.73 Å². The summed E-state index contributed by atoms with van der Waals surface area (Å²) in [5.41, 5.74) is 9.00. The predicted octanol–water partition coefficient (Wildman–Crippen LogP) is 3.12. The summed E-state index contributed by atoms with van der Waals surface area (Å²) >= 11 is 0. The Morgan fingerprint density at radius 2 is 1.91 bits per heavy atom. The molecule has 3 rings (SSSR count). The summed E-state index contributed by atoms with van der Waals surface area (Å²) in [5, 5.41) is 3.90. The Kier molecular flexibility index (Phi) is 3.47. The second kappa shape index (κ2) is 5.44. The Balaban J connectivity index is 2.24. The Morgan fingerprint density at radius 3 is 2.64 bits per heavy atom. The minimum absolute atomic E-state index is 0.0359. The van der Waals surface area contributed by atoms with Crippen LogP contribution < -0.4 is 11.1 Å². The first-order valence-electron chi connectivity index (χ1n) is 6.95. The lowest BCUT2D eigenvalue weighted by molar-refractivity contribution is 0.101. The zero-order valence-corrected chi connectivity index (χ0v) is 12.4. The van der Waals surface area contributed by atoms with Crippen LogP contribution in [0.15, 0.2) is 42.5 Å². The molecule has 0 aliphatic rings. The van der Waals surface area contributed by atoms with Gasteiger partial charge in [0.25, 0.3) is 0 Å². The molecule has 0 amide bonds. The van der Waals surface area contributed by atoms with E-state index in [0.29, 0.717) is 11.4 Å². The van der Waals surface area contributed by atoms with Gasteiger partial charge in [0.15, 0.2) is 5.78 Å². The van der Waals surface area contributed by atoms with E-state index >= 15 is 0 Å². The van der Waals surface area contributed by atoms with Crippen molar-refractivity contribution in [3.8, 4) is 11.1 Å². The van der Waals surface area contributed by atoms with E-state index in [1.54, 1.807) is 14.0 Å². The highest BCUT2D eigenvalue weighted by Gasteiger charge is 2.11. The molecule has 0 atom stereocenters. The van der Waals surface area contributed by atoms with Crippen LogP contribution in [0.3, 0.4) is 0 Å². The number of ketones is 1. The fraction of sp³-hybridized carbons (Fsp3) is 0.118. The van der Waals surface area contributed by atoms with E-state index in [0.717, 1.165) is 22.0 Å². The molecule has 5 heteroatoms. The van der Waals surface area contributed by atoms with Gasteiger partial charge in [-0.05, 0) is 30.2 Å². The zero-order chi connectivity index (χ0) is 15.7. The van der Waals surface area contributed by atoms with Crippen LogP contribution in [0.1, 0.15) is 17.3 Å². The number of carbonyl (C=O) groups is 1. The molecule has 3 N–H and O–H groups in total. The lowest BCUT2D eigenvalue weighted by Crippen LogP contribution is -2.01. The summed E-state index contributed by atoms with van der Waals surface area (Å²) in [6, 6.07) is 13.4. The fourth-order valence-electron chi connectivity index (χ4n) is 2.55. The van der Waals surface area contributed by atoms with Crippen LogP contribution in [0.2, 0.25) is 0 Å². The van der Waals surface area contributed by atoms with E-state index < -0.39 is 0 Å². The molecule has 0 saturated carbocycles. The van der Waals surface area contributed by atoms with E-state index in [1.165, 1.54) is 0 Å². The van der Waals surface area contributed by atoms with Gasteiger partial charge in [0.1, 0.15) is 5.82 Å². The molecule has 2 aromatic carbocycles. The molecule has 0 spiro atoms. The molecule has 0 saturated heterocycles. The molecule has 0 fully saturated rings. The van der Waals surface area contributed by atoms with Crippen LogP contribution in [0.5, 0.6) is 0 Å². The molecule has 0 unspecified atom stereocenters. The Bertz CT molecular complexity index is 874. The van der Waals surface area contributed by atoms with Crippen molar-refractivity contribution in [2.45, 2.75) is 6.92 Å². The molecular weight excluding hydrogens is 276 g/mol. The number of nitrogens with two attached hydrogens (primary N) is 1. The largest absolute Gasteiger partial charge is 0.372 e. The van der Waals surface area contributed by atoms with Crippen molar-refractivity contribution in [1.29, 1.82) is 0 Å². The van der Waals surface area contributed by atoms with Crippen molar-refractivity contribution < 1.29 is 4.79 Å². The topological polar surface area (TPSA) is 80.9 Å². The quantitative estimate of drug-likeness (QED) is 0.725. The number of hydrogen-bond acceptors (Lipinski definition) is 5. The van der Waals surface area contributed by atoms with Crippen molar-refractivity contribution in [2.24, 2.45) is 0 Å². The number of Topliss-reactive ketones (excluding diaryl/α,β-unsaturated/α-hetero) is 1.